The van der Waals surface area contributed by atoms with Crippen molar-refractivity contribution in [3.8, 4) is 28.4 Å². The van der Waals surface area contributed by atoms with Crippen LogP contribution in [-0.2, 0) is 17.8 Å². The van der Waals surface area contributed by atoms with Gasteiger partial charge in [0.1, 0.15) is 22.8 Å². The van der Waals surface area contributed by atoms with Crippen LogP contribution in [0.3, 0.4) is 0 Å². The molecule has 4 aromatic rings. The predicted octanol–water partition coefficient (Wildman–Crippen LogP) is 6.42. The average Bonchev–Trinajstić information content (AvgIpc) is 3.36. The number of allylic oxidation sites excluding steroid dienone is 1. The molecule has 5 rings (SSSR count). The van der Waals surface area contributed by atoms with Gasteiger partial charge >= 0.3 is 0 Å². The van der Waals surface area contributed by atoms with E-state index in [9.17, 15) is 4.79 Å². The van der Waals surface area contributed by atoms with Crippen LogP contribution in [-0.4, -0.2) is 38.7 Å². The van der Waals surface area contributed by atoms with Gasteiger partial charge in [0.25, 0.3) is 0 Å². The molecule has 1 aliphatic heterocycles. The topological polar surface area (TPSA) is 61.1 Å². The Hall–Kier alpha value is -4.19. The van der Waals surface area contributed by atoms with E-state index in [1.54, 1.807) is 33.7 Å². The van der Waals surface area contributed by atoms with E-state index in [0.29, 0.717) is 24.6 Å². The zero-order valence-corrected chi connectivity index (χ0v) is 21.9. The SMILES string of the molecule is COc1ccc(OC)c(-c2coc3c(C)c(OC)c(/C(C)=C/C(=O)N4CCc5ccccc5C4)cc23)c1. The van der Waals surface area contributed by atoms with Gasteiger partial charge in [-0.2, -0.15) is 0 Å². The van der Waals surface area contributed by atoms with E-state index in [1.165, 1.54) is 11.1 Å². The Bertz CT molecular complexity index is 1510. The summed E-state index contributed by atoms with van der Waals surface area (Å²) in [5.74, 6) is 2.12. The minimum atomic E-state index is -0.00584. The summed E-state index contributed by atoms with van der Waals surface area (Å²) in [7, 11) is 4.92. The lowest BCUT2D eigenvalue weighted by Crippen LogP contribution is -2.34. The summed E-state index contributed by atoms with van der Waals surface area (Å²) in [5.41, 5.74) is 7.54. The molecule has 1 aliphatic rings. The van der Waals surface area contributed by atoms with E-state index in [-0.39, 0.29) is 5.91 Å². The number of rotatable bonds is 6. The summed E-state index contributed by atoms with van der Waals surface area (Å²) in [4.78, 5) is 15.2. The van der Waals surface area contributed by atoms with Crippen molar-refractivity contribution in [3.05, 3.63) is 83.1 Å². The summed E-state index contributed by atoms with van der Waals surface area (Å²) < 4.78 is 22.9. The van der Waals surface area contributed by atoms with Gasteiger partial charge < -0.3 is 23.5 Å². The first-order chi connectivity index (χ1) is 17.9. The summed E-state index contributed by atoms with van der Waals surface area (Å²) in [6.07, 6.45) is 4.31. The van der Waals surface area contributed by atoms with Crippen molar-refractivity contribution >= 4 is 22.4 Å². The summed E-state index contributed by atoms with van der Waals surface area (Å²) in [6.45, 7) is 5.24. The largest absolute Gasteiger partial charge is 0.497 e. The average molecular weight is 498 g/mol. The minimum absolute atomic E-state index is 0.00584. The third kappa shape index (κ3) is 4.44. The molecular formula is C31H31NO5. The lowest BCUT2D eigenvalue weighted by Gasteiger charge is -2.28. The molecular weight excluding hydrogens is 466 g/mol. The first kappa shape index (κ1) is 24.5. The van der Waals surface area contributed by atoms with Crippen LogP contribution >= 0.6 is 0 Å². The Morgan fingerprint density at radius 3 is 2.49 bits per heavy atom. The van der Waals surface area contributed by atoms with Gasteiger partial charge in [-0.05, 0) is 61.2 Å². The zero-order chi connectivity index (χ0) is 26.1. The number of carbonyl (C=O) groups is 1. The molecule has 0 N–H and O–H groups in total. The standard InChI is InChI=1S/C31H31NO5/c1-19(14-29(33)32-13-12-21-8-6-7-9-22(21)17-32)24-16-26-27(18-37-31(26)20(2)30(24)36-5)25-15-23(34-3)10-11-28(25)35-4/h6-11,14-16,18H,12-13,17H2,1-5H3/b19-14+. The molecule has 190 valence electrons. The zero-order valence-electron chi connectivity index (χ0n) is 21.9. The molecule has 0 aliphatic carbocycles. The number of ether oxygens (including phenoxy) is 3. The summed E-state index contributed by atoms with van der Waals surface area (Å²) in [6, 6.07) is 16.0. The van der Waals surface area contributed by atoms with Gasteiger partial charge in [0, 0.05) is 46.8 Å². The summed E-state index contributed by atoms with van der Waals surface area (Å²) >= 11 is 0. The second-order valence-corrected chi connectivity index (χ2v) is 9.28. The van der Waals surface area contributed by atoms with Crippen molar-refractivity contribution < 1.29 is 23.4 Å². The maximum absolute atomic E-state index is 13.3. The van der Waals surface area contributed by atoms with Crippen LogP contribution in [0.2, 0.25) is 0 Å². The fourth-order valence-electron chi connectivity index (χ4n) is 5.14. The molecule has 0 fully saturated rings. The number of hydrogen-bond donors (Lipinski definition) is 0. The van der Waals surface area contributed by atoms with Gasteiger partial charge in [-0.3, -0.25) is 4.79 Å². The Morgan fingerprint density at radius 1 is 0.973 bits per heavy atom. The summed E-state index contributed by atoms with van der Waals surface area (Å²) in [5, 5.41) is 0.909. The van der Waals surface area contributed by atoms with E-state index in [1.807, 2.05) is 49.1 Å². The Balaban J connectivity index is 1.57. The molecule has 0 radical (unpaired) electrons. The van der Waals surface area contributed by atoms with Crippen molar-refractivity contribution in [1.82, 2.24) is 4.90 Å². The third-order valence-corrected chi connectivity index (χ3v) is 7.15. The van der Waals surface area contributed by atoms with E-state index >= 15 is 0 Å². The van der Waals surface area contributed by atoms with E-state index < -0.39 is 0 Å². The van der Waals surface area contributed by atoms with Crippen LogP contribution in [0.25, 0.3) is 27.7 Å². The highest BCUT2D eigenvalue weighted by atomic mass is 16.5. The Kier molecular flexibility index (Phi) is 6.66. The lowest BCUT2D eigenvalue weighted by molar-refractivity contribution is -0.126. The van der Waals surface area contributed by atoms with Crippen molar-refractivity contribution in [1.29, 1.82) is 0 Å². The highest BCUT2D eigenvalue weighted by Gasteiger charge is 2.23. The van der Waals surface area contributed by atoms with Crippen LogP contribution in [0.15, 0.2) is 65.3 Å². The third-order valence-electron chi connectivity index (χ3n) is 7.15. The van der Waals surface area contributed by atoms with Crippen molar-refractivity contribution in [2.24, 2.45) is 0 Å². The molecule has 0 saturated heterocycles. The monoisotopic (exact) mass is 497 g/mol. The number of furan rings is 1. The molecule has 0 saturated carbocycles. The van der Waals surface area contributed by atoms with Gasteiger partial charge in [0.05, 0.1) is 27.6 Å². The number of fused-ring (bicyclic) bond motifs is 2. The molecule has 1 aromatic heterocycles. The minimum Gasteiger partial charge on any atom is -0.497 e. The highest BCUT2D eigenvalue weighted by molar-refractivity contribution is 6.02. The molecule has 2 heterocycles. The van der Waals surface area contributed by atoms with Crippen LogP contribution in [0, 0.1) is 6.92 Å². The smallest absolute Gasteiger partial charge is 0.247 e. The van der Waals surface area contributed by atoms with Gasteiger partial charge in [-0.1, -0.05) is 24.3 Å². The number of nitrogens with zero attached hydrogens (tertiary/aromatic N) is 1. The van der Waals surface area contributed by atoms with Gasteiger partial charge in [0.15, 0.2) is 0 Å². The van der Waals surface area contributed by atoms with Crippen molar-refractivity contribution in [2.75, 3.05) is 27.9 Å². The Labute approximate surface area is 217 Å². The quantitative estimate of drug-likeness (QED) is 0.288. The second kappa shape index (κ2) is 10.1. The molecule has 1 amide bonds. The molecule has 0 bridgehead atoms. The number of aryl methyl sites for hydroxylation is 1. The molecule has 0 spiro atoms. The lowest BCUT2D eigenvalue weighted by atomic mass is 9.95. The highest BCUT2D eigenvalue weighted by Crippen LogP contribution is 2.43. The van der Waals surface area contributed by atoms with Gasteiger partial charge in [0.2, 0.25) is 5.91 Å². The number of benzene rings is 3. The van der Waals surface area contributed by atoms with Crippen LogP contribution in [0.4, 0.5) is 0 Å². The number of carbonyl (C=O) groups excluding carboxylic acids is 1. The first-order valence-corrected chi connectivity index (χ1v) is 12.3. The van der Waals surface area contributed by atoms with E-state index in [2.05, 4.69) is 18.2 Å². The molecule has 37 heavy (non-hydrogen) atoms. The second-order valence-electron chi connectivity index (χ2n) is 9.28. The van der Waals surface area contributed by atoms with Crippen LogP contribution in [0.1, 0.15) is 29.2 Å². The number of methoxy groups -OCH3 is 3. The maximum atomic E-state index is 13.3. The fraction of sp³-hybridized carbons (Fsp3) is 0.258. The van der Waals surface area contributed by atoms with Crippen LogP contribution < -0.4 is 14.2 Å². The molecule has 6 nitrogen and oxygen atoms in total. The molecule has 3 aromatic carbocycles. The molecule has 6 heteroatoms. The van der Waals surface area contributed by atoms with E-state index in [4.69, 9.17) is 18.6 Å². The number of amides is 1. The van der Waals surface area contributed by atoms with Gasteiger partial charge in [-0.15, -0.1) is 0 Å². The fourth-order valence-corrected chi connectivity index (χ4v) is 5.14. The number of hydrogen-bond acceptors (Lipinski definition) is 5. The van der Waals surface area contributed by atoms with Crippen molar-refractivity contribution in [2.45, 2.75) is 26.8 Å². The van der Waals surface area contributed by atoms with Crippen LogP contribution in [0.5, 0.6) is 17.2 Å². The van der Waals surface area contributed by atoms with Crippen molar-refractivity contribution in [3.63, 3.8) is 0 Å². The Morgan fingerprint density at radius 2 is 1.76 bits per heavy atom. The maximum Gasteiger partial charge on any atom is 0.247 e. The van der Waals surface area contributed by atoms with E-state index in [0.717, 1.165) is 51.0 Å². The normalized spacial score (nSPS) is 13.4. The molecule has 0 unspecified atom stereocenters. The van der Waals surface area contributed by atoms with Gasteiger partial charge in [-0.25, -0.2) is 0 Å². The molecule has 0 atom stereocenters. The predicted molar refractivity (Wildman–Crippen MR) is 145 cm³/mol. The first-order valence-electron chi connectivity index (χ1n) is 12.3.